The fraction of sp³-hybridized carbons (Fsp3) is 0.0870. The number of rotatable bonds is 7. The van der Waals surface area contributed by atoms with E-state index in [0.717, 1.165) is 0 Å². The average molecular weight is 419 g/mol. The molecule has 1 amide bonds. The number of allylic oxidation sites excluding steroid dienone is 1. The Balaban J connectivity index is 1.40. The third-order valence-corrected chi connectivity index (χ3v) is 4.51. The van der Waals surface area contributed by atoms with E-state index < -0.39 is 24.5 Å². The molecule has 1 aliphatic rings. The Kier molecular flexibility index (Phi) is 5.53. The Morgan fingerprint density at radius 2 is 1.90 bits per heavy atom. The smallest absolute Gasteiger partial charge is 0.330 e. The first-order chi connectivity index (χ1) is 15.0. The largest absolute Gasteiger partial charge is 0.484 e. The van der Waals surface area contributed by atoms with Crippen molar-refractivity contribution < 1.29 is 33.4 Å². The van der Waals surface area contributed by atoms with Gasteiger partial charge < -0.3 is 24.3 Å². The number of hydrogen-bond donors (Lipinski definition) is 2. The summed E-state index contributed by atoms with van der Waals surface area (Å²) in [6.45, 7) is -0.404. The van der Waals surface area contributed by atoms with Crippen LogP contribution in [0.1, 0.15) is 27.7 Å². The highest BCUT2D eigenvalue weighted by Gasteiger charge is 2.28. The standard InChI is InChI=1S/C23H17NO7/c25-20(24-21(23(27)28)14-5-2-1-3-6-14)13-30-16-8-9-17-18(11-16)31-19(22(17)26)12-15-7-4-10-29-15/h1-12,21H,13H2,(H,24,25)(H,27,28). The summed E-state index contributed by atoms with van der Waals surface area (Å²) in [7, 11) is 0. The first kappa shape index (κ1) is 20.0. The van der Waals surface area contributed by atoms with E-state index in [9.17, 15) is 19.5 Å². The van der Waals surface area contributed by atoms with Crippen LogP contribution in [0, 0.1) is 0 Å². The van der Waals surface area contributed by atoms with Gasteiger partial charge in [0.05, 0.1) is 11.8 Å². The van der Waals surface area contributed by atoms with Crippen LogP contribution in [0.5, 0.6) is 11.5 Å². The fourth-order valence-electron chi connectivity index (χ4n) is 3.04. The molecule has 0 saturated carbocycles. The summed E-state index contributed by atoms with van der Waals surface area (Å²) in [6.07, 6.45) is 2.98. The molecule has 0 saturated heterocycles. The maximum atomic E-state index is 12.4. The molecule has 0 aliphatic carbocycles. The number of fused-ring (bicyclic) bond motifs is 1. The Morgan fingerprint density at radius 1 is 1.10 bits per heavy atom. The molecule has 8 nitrogen and oxygen atoms in total. The predicted molar refractivity (Wildman–Crippen MR) is 109 cm³/mol. The molecule has 1 unspecified atom stereocenters. The number of carboxylic acid groups (broad SMARTS) is 1. The van der Waals surface area contributed by atoms with Gasteiger partial charge in [-0.25, -0.2) is 4.79 Å². The van der Waals surface area contributed by atoms with Crippen LogP contribution >= 0.6 is 0 Å². The molecule has 3 aromatic rings. The molecule has 2 aromatic carbocycles. The summed E-state index contributed by atoms with van der Waals surface area (Å²) in [5.41, 5.74) is 0.813. The van der Waals surface area contributed by atoms with Crippen LogP contribution < -0.4 is 14.8 Å². The third-order valence-electron chi connectivity index (χ3n) is 4.51. The highest BCUT2D eigenvalue weighted by atomic mass is 16.5. The summed E-state index contributed by atoms with van der Waals surface area (Å²) in [5.74, 6) is -0.876. The topological polar surface area (TPSA) is 115 Å². The molecule has 4 rings (SSSR count). The average Bonchev–Trinajstić information content (AvgIpc) is 3.39. The SMILES string of the molecule is O=C(COc1ccc2c(c1)OC(=Cc1ccco1)C2=O)NC(C(=O)O)c1ccccc1. The number of aliphatic carboxylic acids is 1. The number of hydrogen-bond acceptors (Lipinski definition) is 6. The van der Waals surface area contributed by atoms with Crippen LogP contribution in [0.4, 0.5) is 0 Å². The van der Waals surface area contributed by atoms with Crippen LogP contribution in [-0.2, 0) is 9.59 Å². The molecular formula is C23H17NO7. The van der Waals surface area contributed by atoms with Crippen molar-refractivity contribution in [2.45, 2.75) is 6.04 Å². The molecule has 1 aromatic heterocycles. The normalized spacial score (nSPS) is 14.6. The molecule has 2 heterocycles. The van der Waals surface area contributed by atoms with Crippen molar-refractivity contribution in [2.24, 2.45) is 0 Å². The molecule has 0 spiro atoms. The predicted octanol–water partition coefficient (Wildman–Crippen LogP) is 3.22. The monoisotopic (exact) mass is 419 g/mol. The Labute approximate surface area is 176 Å². The van der Waals surface area contributed by atoms with Gasteiger partial charge in [0.2, 0.25) is 5.78 Å². The van der Waals surface area contributed by atoms with Crippen molar-refractivity contribution in [3.8, 4) is 11.5 Å². The molecule has 2 N–H and O–H groups in total. The lowest BCUT2D eigenvalue weighted by atomic mass is 10.1. The number of amides is 1. The van der Waals surface area contributed by atoms with E-state index in [4.69, 9.17) is 13.9 Å². The van der Waals surface area contributed by atoms with Crippen molar-refractivity contribution in [3.63, 3.8) is 0 Å². The van der Waals surface area contributed by atoms with Gasteiger partial charge in [-0.3, -0.25) is 9.59 Å². The minimum atomic E-state index is -1.19. The zero-order chi connectivity index (χ0) is 21.8. The molecule has 1 atom stereocenters. The van der Waals surface area contributed by atoms with Gasteiger partial charge >= 0.3 is 5.97 Å². The van der Waals surface area contributed by atoms with Gasteiger partial charge in [0, 0.05) is 12.1 Å². The van der Waals surface area contributed by atoms with Crippen LogP contribution in [0.15, 0.2) is 77.1 Å². The van der Waals surface area contributed by atoms with Crippen LogP contribution in [0.3, 0.4) is 0 Å². The minimum absolute atomic E-state index is 0.118. The summed E-state index contributed by atoms with van der Waals surface area (Å²) in [5, 5.41) is 11.8. The van der Waals surface area contributed by atoms with Crippen LogP contribution in [-0.4, -0.2) is 29.4 Å². The third kappa shape index (κ3) is 4.48. The minimum Gasteiger partial charge on any atom is -0.484 e. The van der Waals surface area contributed by atoms with Gasteiger partial charge in [-0.2, -0.15) is 0 Å². The lowest BCUT2D eigenvalue weighted by Crippen LogP contribution is -2.36. The molecule has 8 heteroatoms. The maximum absolute atomic E-state index is 12.4. The molecular weight excluding hydrogens is 402 g/mol. The van der Waals surface area contributed by atoms with Gasteiger partial charge in [-0.15, -0.1) is 0 Å². The van der Waals surface area contributed by atoms with Gasteiger partial charge in [0.15, 0.2) is 18.4 Å². The summed E-state index contributed by atoms with van der Waals surface area (Å²) in [4.78, 5) is 36.1. The lowest BCUT2D eigenvalue weighted by molar-refractivity contribution is -0.142. The Morgan fingerprint density at radius 3 is 2.61 bits per heavy atom. The first-order valence-corrected chi connectivity index (χ1v) is 9.33. The Bertz CT molecular complexity index is 1150. The van der Waals surface area contributed by atoms with Crippen molar-refractivity contribution in [1.82, 2.24) is 5.32 Å². The fourth-order valence-corrected chi connectivity index (χ4v) is 3.04. The number of Topliss-reactive ketones (excluding diaryl/α,β-unsaturated/α-hetero) is 1. The number of furan rings is 1. The Hall–Kier alpha value is -4.33. The molecule has 156 valence electrons. The lowest BCUT2D eigenvalue weighted by Gasteiger charge is -2.15. The van der Waals surface area contributed by atoms with E-state index in [-0.39, 0.29) is 11.5 Å². The number of ether oxygens (including phenoxy) is 2. The first-order valence-electron chi connectivity index (χ1n) is 9.33. The molecule has 1 aliphatic heterocycles. The second-order valence-electron chi connectivity index (χ2n) is 6.65. The van der Waals surface area contributed by atoms with E-state index in [1.54, 1.807) is 42.5 Å². The van der Waals surface area contributed by atoms with Gasteiger partial charge in [0.25, 0.3) is 5.91 Å². The van der Waals surface area contributed by atoms with Crippen molar-refractivity contribution in [1.29, 1.82) is 0 Å². The number of ketones is 1. The summed E-state index contributed by atoms with van der Waals surface area (Å²) >= 11 is 0. The number of carboxylic acids is 1. The highest BCUT2D eigenvalue weighted by molar-refractivity contribution is 6.14. The van der Waals surface area contributed by atoms with Gasteiger partial charge in [-0.05, 0) is 29.8 Å². The van der Waals surface area contributed by atoms with Crippen molar-refractivity contribution in [3.05, 3.63) is 89.6 Å². The quantitative estimate of drug-likeness (QED) is 0.565. The van der Waals surface area contributed by atoms with E-state index in [0.29, 0.717) is 28.4 Å². The molecule has 0 bridgehead atoms. The van der Waals surface area contributed by atoms with Crippen molar-refractivity contribution >= 4 is 23.7 Å². The van der Waals surface area contributed by atoms with Crippen molar-refractivity contribution in [2.75, 3.05) is 6.61 Å². The van der Waals surface area contributed by atoms with Gasteiger partial charge in [-0.1, -0.05) is 30.3 Å². The van der Waals surface area contributed by atoms with E-state index in [1.807, 2.05) is 0 Å². The second-order valence-corrected chi connectivity index (χ2v) is 6.65. The van der Waals surface area contributed by atoms with E-state index in [2.05, 4.69) is 5.32 Å². The number of nitrogens with one attached hydrogen (secondary N) is 1. The number of benzene rings is 2. The molecule has 0 radical (unpaired) electrons. The summed E-state index contributed by atoms with van der Waals surface area (Å²) in [6, 6.07) is 15.1. The zero-order valence-electron chi connectivity index (χ0n) is 16.1. The molecule has 31 heavy (non-hydrogen) atoms. The van der Waals surface area contributed by atoms with Crippen LogP contribution in [0.2, 0.25) is 0 Å². The molecule has 0 fully saturated rings. The summed E-state index contributed by atoms with van der Waals surface area (Å²) < 4.78 is 16.2. The zero-order valence-corrected chi connectivity index (χ0v) is 16.1. The van der Waals surface area contributed by atoms with Gasteiger partial charge in [0.1, 0.15) is 17.3 Å². The second kappa shape index (κ2) is 8.58. The van der Waals surface area contributed by atoms with E-state index >= 15 is 0 Å². The number of carbonyl (C=O) groups is 3. The number of carbonyl (C=O) groups excluding carboxylic acids is 2. The van der Waals surface area contributed by atoms with Crippen LogP contribution in [0.25, 0.3) is 6.08 Å². The van der Waals surface area contributed by atoms with E-state index in [1.165, 1.54) is 30.5 Å². The highest BCUT2D eigenvalue weighted by Crippen LogP contribution is 2.34. The maximum Gasteiger partial charge on any atom is 0.330 e.